The van der Waals surface area contributed by atoms with E-state index in [1.165, 1.54) is 12.1 Å². The summed E-state index contributed by atoms with van der Waals surface area (Å²) < 4.78 is 19.0. The van der Waals surface area contributed by atoms with Gasteiger partial charge >= 0.3 is 0 Å². The largest absolute Gasteiger partial charge is 0.452 e. The zero-order valence-electron chi connectivity index (χ0n) is 10.4. The predicted molar refractivity (Wildman–Crippen MR) is 66.8 cm³/mol. The molecule has 1 aromatic heterocycles. The summed E-state index contributed by atoms with van der Waals surface area (Å²) >= 11 is 0. The van der Waals surface area contributed by atoms with Crippen LogP contribution in [0.3, 0.4) is 0 Å². The van der Waals surface area contributed by atoms with Gasteiger partial charge in [0, 0.05) is 11.8 Å². The van der Waals surface area contributed by atoms with E-state index < -0.39 is 10.7 Å². The van der Waals surface area contributed by atoms with Crippen molar-refractivity contribution in [2.75, 3.05) is 0 Å². The van der Waals surface area contributed by atoms with Crippen LogP contribution in [0.2, 0.25) is 0 Å². The minimum absolute atomic E-state index is 0.0700. The molecule has 0 saturated carbocycles. The van der Waals surface area contributed by atoms with Crippen LogP contribution in [0.15, 0.2) is 30.3 Å². The second kappa shape index (κ2) is 5.01. The number of hydrogen-bond acceptors (Lipinski definition) is 4. The molecule has 19 heavy (non-hydrogen) atoms. The second-order valence-corrected chi connectivity index (χ2v) is 4.01. The topological polar surface area (TPSA) is 65.3 Å². The molecule has 2 aromatic rings. The van der Waals surface area contributed by atoms with Crippen molar-refractivity contribution in [2.24, 2.45) is 0 Å². The molecule has 0 aliphatic heterocycles. The van der Waals surface area contributed by atoms with E-state index >= 15 is 0 Å². The molecule has 0 aliphatic rings. The Hall–Kier alpha value is -2.50. The van der Waals surface area contributed by atoms with Gasteiger partial charge in [0.25, 0.3) is 5.69 Å². The number of nitrogens with zero attached hydrogens (tertiary/aromatic N) is 2. The Balaban J connectivity index is 2.31. The molecule has 1 aromatic carbocycles. The van der Waals surface area contributed by atoms with Crippen LogP contribution in [0, 0.1) is 29.8 Å². The maximum atomic E-state index is 13.7. The van der Waals surface area contributed by atoms with Crippen LogP contribution in [-0.4, -0.2) is 9.91 Å². The average molecular weight is 262 g/mol. The predicted octanol–water partition coefficient (Wildman–Crippen LogP) is 3.54. The molecular weight excluding hydrogens is 251 g/mol. The molecule has 98 valence electrons. The van der Waals surface area contributed by atoms with Gasteiger partial charge in [-0.25, -0.2) is 4.39 Å². The molecule has 0 radical (unpaired) electrons. The highest BCUT2D eigenvalue weighted by Gasteiger charge is 2.13. The smallest absolute Gasteiger partial charge is 0.272 e. The van der Waals surface area contributed by atoms with Crippen LogP contribution in [-0.2, 0) is 0 Å². The fourth-order valence-corrected chi connectivity index (χ4v) is 1.59. The minimum Gasteiger partial charge on any atom is -0.452 e. The Morgan fingerprint density at radius 3 is 2.47 bits per heavy atom. The average Bonchev–Trinajstić information content (AvgIpc) is 2.34. The van der Waals surface area contributed by atoms with Crippen LogP contribution in [0.4, 0.5) is 10.1 Å². The van der Waals surface area contributed by atoms with Gasteiger partial charge in [-0.2, -0.15) is 0 Å². The highest BCUT2D eigenvalue weighted by molar-refractivity contribution is 5.41. The number of benzene rings is 1. The van der Waals surface area contributed by atoms with Crippen LogP contribution in [0.25, 0.3) is 0 Å². The van der Waals surface area contributed by atoms with Gasteiger partial charge < -0.3 is 4.74 Å². The van der Waals surface area contributed by atoms with E-state index in [1.807, 2.05) is 6.92 Å². The summed E-state index contributed by atoms with van der Waals surface area (Å²) in [6.45, 7) is 3.58. The molecule has 0 aliphatic carbocycles. The number of rotatable bonds is 3. The number of hydrogen-bond donors (Lipinski definition) is 0. The molecule has 0 amide bonds. The lowest BCUT2D eigenvalue weighted by Gasteiger charge is -2.09. The van der Waals surface area contributed by atoms with Crippen molar-refractivity contribution in [1.82, 2.24) is 4.98 Å². The molecule has 0 unspecified atom stereocenters. The molecule has 6 heteroatoms. The van der Waals surface area contributed by atoms with Crippen LogP contribution in [0.5, 0.6) is 11.5 Å². The zero-order chi connectivity index (χ0) is 14.0. The van der Waals surface area contributed by atoms with E-state index in [0.717, 1.165) is 11.8 Å². The van der Waals surface area contributed by atoms with Gasteiger partial charge in [0.15, 0.2) is 11.6 Å². The van der Waals surface area contributed by atoms with Crippen LogP contribution in [0.1, 0.15) is 11.4 Å². The number of ether oxygens (including phenoxy) is 1. The Labute approximate surface area is 108 Å². The highest BCUT2D eigenvalue weighted by Crippen LogP contribution is 2.28. The Morgan fingerprint density at radius 1 is 1.21 bits per heavy atom. The molecule has 2 rings (SSSR count). The number of nitro groups is 1. The van der Waals surface area contributed by atoms with Crippen molar-refractivity contribution in [2.45, 2.75) is 13.8 Å². The fraction of sp³-hybridized carbons (Fsp3) is 0.154. The third-order valence-corrected chi connectivity index (χ3v) is 2.52. The first-order valence-electron chi connectivity index (χ1n) is 5.53. The molecule has 5 nitrogen and oxygen atoms in total. The van der Waals surface area contributed by atoms with Crippen LogP contribution >= 0.6 is 0 Å². The lowest BCUT2D eigenvalue weighted by Crippen LogP contribution is -1.95. The van der Waals surface area contributed by atoms with Crippen molar-refractivity contribution in [1.29, 1.82) is 0 Å². The Morgan fingerprint density at radius 2 is 1.89 bits per heavy atom. The van der Waals surface area contributed by atoms with Crippen molar-refractivity contribution < 1.29 is 14.1 Å². The SMILES string of the molecule is Cc1ccc(Oc2ccc([N+](=O)[O-])cc2F)c(C)n1. The fourth-order valence-electron chi connectivity index (χ4n) is 1.59. The first-order valence-corrected chi connectivity index (χ1v) is 5.53. The lowest BCUT2D eigenvalue weighted by atomic mass is 10.2. The zero-order valence-corrected chi connectivity index (χ0v) is 10.4. The summed E-state index contributed by atoms with van der Waals surface area (Å²) in [6, 6.07) is 6.67. The van der Waals surface area contributed by atoms with Gasteiger partial charge in [-0.05, 0) is 32.0 Å². The van der Waals surface area contributed by atoms with Crippen molar-refractivity contribution >= 4 is 5.69 Å². The molecule has 0 atom stereocenters. The van der Waals surface area contributed by atoms with Crippen molar-refractivity contribution in [3.63, 3.8) is 0 Å². The van der Waals surface area contributed by atoms with Gasteiger partial charge in [0.2, 0.25) is 0 Å². The Kier molecular flexibility index (Phi) is 3.41. The standard InChI is InChI=1S/C13H11FN2O3/c1-8-3-5-12(9(2)15-8)19-13-6-4-10(16(17)18)7-11(13)14/h3-7H,1-2H3. The summed E-state index contributed by atoms with van der Waals surface area (Å²) in [7, 11) is 0. The van der Waals surface area contributed by atoms with E-state index in [-0.39, 0.29) is 11.4 Å². The van der Waals surface area contributed by atoms with Crippen molar-refractivity contribution in [3.05, 3.63) is 57.7 Å². The summed E-state index contributed by atoms with van der Waals surface area (Å²) in [6.07, 6.45) is 0. The maximum absolute atomic E-state index is 13.7. The van der Waals surface area contributed by atoms with Crippen molar-refractivity contribution in [3.8, 4) is 11.5 Å². The van der Waals surface area contributed by atoms with E-state index in [2.05, 4.69) is 4.98 Å². The number of halogens is 1. The summed E-state index contributed by atoms with van der Waals surface area (Å²) in [5, 5.41) is 10.5. The molecule has 0 saturated heterocycles. The molecule has 0 fully saturated rings. The number of pyridine rings is 1. The van der Waals surface area contributed by atoms with E-state index in [1.54, 1.807) is 19.1 Å². The first-order chi connectivity index (χ1) is 8.97. The third-order valence-electron chi connectivity index (χ3n) is 2.52. The van der Waals surface area contributed by atoms with Crippen LogP contribution < -0.4 is 4.74 Å². The van der Waals surface area contributed by atoms with Gasteiger partial charge in [-0.3, -0.25) is 15.1 Å². The maximum Gasteiger partial charge on any atom is 0.272 e. The van der Waals surface area contributed by atoms with Gasteiger partial charge in [-0.1, -0.05) is 0 Å². The molecular formula is C13H11FN2O3. The molecule has 1 heterocycles. The second-order valence-electron chi connectivity index (χ2n) is 4.01. The Bertz CT molecular complexity index is 644. The van der Waals surface area contributed by atoms with E-state index in [0.29, 0.717) is 11.4 Å². The summed E-state index contributed by atoms with van der Waals surface area (Å²) in [5.74, 6) is -0.438. The summed E-state index contributed by atoms with van der Waals surface area (Å²) in [5.41, 5.74) is 1.13. The van der Waals surface area contributed by atoms with Gasteiger partial charge in [-0.15, -0.1) is 0 Å². The molecule has 0 spiro atoms. The highest BCUT2D eigenvalue weighted by atomic mass is 19.1. The number of non-ortho nitro benzene ring substituents is 1. The number of aryl methyl sites for hydroxylation is 2. The van der Waals surface area contributed by atoms with E-state index in [9.17, 15) is 14.5 Å². The number of aromatic nitrogens is 1. The van der Waals surface area contributed by atoms with E-state index in [4.69, 9.17) is 4.74 Å². The first kappa shape index (κ1) is 12.9. The quantitative estimate of drug-likeness (QED) is 0.626. The number of nitro benzene ring substituents is 1. The monoisotopic (exact) mass is 262 g/mol. The lowest BCUT2D eigenvalue weighted by molar-refractivity contribution is -0.385. The normalized spacial score (nSPS) is 10.3. The molecule has 0 N–H and O–H groups in total. The van der Waals surface area contributed by atoms with Gasteiger partial charge in [0.05, 0.1) is 16.7 Å². The molecule has 0 bridgehead atoms. The third kappa shape index (κ3) is 2.85. The minimum atomic E-state index is -0.783. The van der Waals surface area contributed by atoms with Gasteiger partial charge in [0.1, 0.15) is 5.75 Å². The summed E-state index contributed by atoms with van der Waals surface area (Å²) in [4.78, 5) is 14.0.